The van der Waals surface area contributed by atoms with Crippen LogP contribution in [0.3, 0.4) is 0 Å². The molecule has 0 aromatic heterocycles. The van der Waals surface area contributed by atoms with Crippen molar-refractivity contribution in [3.05, 3.63) is 64.7 Å². The number of anilines is 1. The van der Waals surface area contributed by atoms with E-state index in [9.17, 15) is 13.2 Å². The van der Waals surface area contributed by atoms with Crippen molar-refractivity contribution in [2.75, 3.05) is 42.8 Å². The fourth-order valence-corrected chi connectivity index (χ4v) is 6.50. The standard InChI is InChI=1S/C30H38ClN5O5S.2ClH/c1-2-40-29(37)21-42(38,39)36(16-6-8-22-7-5-9-23(19-22)30(32)33)24-11-12-27(26(31)20-24)41-25-13-17-35(18-14-25)28-10-3-4-15-34-28;;/h5-9,11-12,19-20,25H,2-4,10,13-18,21H2,1H3,(H3,32,33);2*1H/b8-6+;;. The number of nitrogens with one attached hydrogen (secondary N) is 1. The summed E-state index contributed by atoms with van der Waals surface area (Å²) in [6, 6.07) is 11.9. The number of halogens is 3. The van der Waals surface area contributed by atoms with Gasteiger partial charge < -0.3 is 20.1 Å². The fourth-order valence-electron chi connectivity index (χ4n) is 5.00. The maximum absolute atomic E-state index is 13.3. The molecule has 0 spiro atoms. The highest BCUT2D eigenvalue weighted by molar-refractivity contribution is 7.93. The van der Waals surface area contributed by atoms with Crippen LogP contribution in [0.1, 0.15) is 50.2 Å². The molecule has 3 N–H and O–H groups in total. The first-order chi connectivity index (χ1) is 20.2. The second-order valence-corrected chi connectivity index (χ2v) is 12.5. The normalized spacial score (nSPS) is 15.5. The van der Waals surface area contributed by atoms with Gasteiger partial charge >= 0.3 is 5.97 Å². The van der Waals surface area contributed by atoms with Gasteiger partial charge in [0, 0.05) is 44.5 Å². The smallest absolute Gasteiger partial charge is 0.323 e. The van der Waals surface area contributed by atoms with Gasteiger partial charge in [-0.2, -0.15) is 0 Å². The van der Waals surface area contributed by atoms with Gasteiger partial charge in [-0.15, -0.1) is 24.8 Å². The van der Waals surface area contributed by atoms with E-state index >= 15 is 0 Å². The molecule has 2 heterocycles. The Morgan fingerprint density at radius 1 is 1.18 bits per heavy atom. The molecule has 1 fully saturated rings. The Kier molecular flexibility index (Phi) is 14.8. The van der Waals surface area contributed by atoms with Crippen molar-refractivity contribution in [3.63, 3.8) is 0 Å². The van der Waals surface area contributed by atoms with Gasteiger partial charge in [-0.05, 0) is 49.6 Å². The van der Waals surface area contributed by atoms with Crippen LogP contribution in [0.4, 0.5) is 5.69 Å². The van der Waals surface area contributed by atoms with Crippen molar-refractivity contribution in [2.24, 2.45) is 10.7 Å². The molecular weight excluding hydrogens is 649 g/mol. The number of carbonyl (C=O) groups excluding carboxylic acids is 1. The van der Waals surface area contributed by atoms with Gasteiger partial charge in [0.25, 0.3) is 0 Å². The molecular formula is C30H40Cl3N5O5S. The zero-order valence-corrected chi connectivity index (χ0v) is 27.8. The number of nitrogen functional groups attached to an aromatic ring is 1. The molecule has 10 nitrogen and oxygen atoms in total. The highest BCUT2D eigenvalue weighted by Gasteiger charge is 2.28. The predicted octanol–water partition coefficient (Wildman–Crippen LogP) is 5.31. The number of benzene rings is 2. The van der Waals surface area contributed by atoms with Crippen LogP contribution >= 0.6 is 36.4 Å². The summed E-state index contributed by atoms with van der Waals surface area (Å²) in [5, 5.41) is 7.91. The monoisotopic (exact) mass is 687 g/mol. The Hall–Kier alpha value is -2.99. The average Bonchev–Trinajstić information content (AvgIpc) is 2.97. The Balaban J connectivity index is 0.00000337. The van der Waals surface area contributed by atoms with Crippen LogP contribution < -0.4 is 14.8 Å². The molecule has 2 aliphatic heterocycles. The lowest BCUT2D eigenvalue weighted by atomic mass is 10.1. The molecule has 2 aliphatic rings. The molecule has 2 aromatic rings. The van der Waals surface area contributed by atoms with Gasteiger partial charge in [0.2, 0.25) is 10.0 Å². The van der Waals surface area contributed by atoms with Crippen molar-refractivity contribution >= 4 is 75.8 Å². The van der Waals surface area contributed by atoms with E-state index in [-0.39, 0.29) is 54.9 Å². The number of hydrogen-bond acceptors (Lipinski definition) is 8. The summed E-state index contributed by atoms with van der Waals surface area (Å²) in [5.41, 5.74) is 7.18. The first-order valence-corrected chi connectivity index (χ1v) is 16.2. The van der Waals surface area contributed by atoms with Crippen LogP contribution in [0.15, 0.2) is 53.5 Å². The molecule has 4 rings (SSSR count). The summed E-state index contributed by atoms with van der Waals surface area (Å²) in [6.07, 6.45) is 8.44. The van der Waals surface area contributed by atoms with Crippen LogP contribution in [0, 0.1) is 5.41 Å². The molecule has 14 heteroatoms. The zero-order chi connectivity index (χ0) is 30.1. The number of nitrogens with zero attached hydrogens (tertiary/aromatic N) is 3. The molecule has 0 unspecified atom stereocenters. The molecule has 0 amide bonds. The highest BCUT2D eigenvalue weighted by atomic mass is 35.5. The summed E-state index contributed by atoms with van der Waals surface area (Å²) < 4.78 is 38.9. The molecule has 44 heavy (non-hydrogen) atoms. The number of sulfonamides is 1. The first kappa shape index (κ1) is 37.2. The minimum absolute atomic E-state index is 0. The number of piperidine rings is 1. The Labute approximate surface area is 277 Å². The number of likely N-dealkylation sites (tertiary alicyclic amines) is 1. The molecule has 0 atom stereocenters. The van der Waals surface area contributed by atoms with E-state index < -0.39 is 21.7 Å². The summed E-state index contributed by atoms with van der Waals surface area (Å²) in [6.45, 7) is 4.29. The van der Waals surface area contributed by atoms with Crippen molar-refractivity contribution in [2.45, 2.75) is 45.1 Å². The molecule has 0 saturated carbocycles. The molecule has 2 aromatic carbocycles. The van der Waals surface area contributed by atoms with Crippen molar-refractivity contribution in [1.82, 2.24) is 4.90 Å². The van der Waals surface area contributed by atoms with E-state index in [1.807, 2.05) is 6.07 Å². The van der Waals surface area contributed by atoms with Crippen molar-refractivity contribution in [3.8, 4) is 5.75 Å². The topological polar surface area (TPSA) is 138 Å². The van der Waals surface area contributed by atoms with E-state index in [1.54, 1.807) is 49.4 Å². The maximum Gasteiger partial charge on any atom is 0.323 e. The summed E-state index contributed by atoms with van der Waals surface area (Å²) >= 11 is 6.61. The van der Waals surface area contributed by atoms with Gasteiger partial charge in [-0.3, -0.25) is 19.5 Å². The summed E-state index contributed by atoms with van der Waals surface area (Å²) in [5.74, 6) is -0.0314. The van der Waals surface area contributed by atoms with Gasteiger partial charge in [0.05, 0.1) is 29.7 Å². The third-order valence-electron chi connectivity index (χ3n) is 7.13. The third-order valence-corrected chi connectivity index (χ3v) is 9.05. The van der Waals surface area contributed by atoms with E-state index in [0.717, 1.165) is 55.2 Å². The van der Waals surface area contributed by atoms with E-state index in [1.165, 1.54) is 18.3 Å². The number of ether oxygens (including phenoxy) is 2. The lowest BCUT2D eigenvalue weighted by molar-refractivity contribution is -0.139. The number of aliphatic imine (C=N–C) groups is 1. The lowest BCUT2D eigenvalue weighted by Crippen LogP contribution is -2.42. The fraction of sp³-hybridized carbons (Fsp3) is 0.433. The van der Waals surface area contributed by atoms with Crippen LogP contribution in [0.25, 0.3) is 6.08 Å². The SMILES string of the molecule is CCOC(=O)CS(=O)(=O)N(C/C=C/c1cccc(C(=N)N)c1)c1ccc(OC2CCN(C3=NCCCC3)CC2)c(Cl)c1.Cl.Cl. The number of nitrogens with two attached hydrogens (primary N) is 1. The Morgan fingerprint density at radius 3 is 2.57 bits per heavy atom. The zero-order valence-electron chi connectivity index (χ0n) is 24.6. The molecule has 1 saturated heterocycles. The van der Waals surface area contributed by atoms with E-state index in [0.29, 0.717) is 17.0 Å². The van der Waals surface area contributed by atoms with Gasteiger partial charge in [-0.25, -0.2) is 8.42 Å². The number of hydrogen-bond donors (Lipinski definition) is 2. The van der Waals surface area contributed by atoms with Gasteiger partial charge in [0.1, 0.15) is 17.7 Å². The minimum Gasteiger partial charge on any atom is -0.489 e. The van der Waals surface area contributed by atoms with Crippen LogP contribution in [0.2, 0.25) is 5.02 Å². The second-order valence-electron chi connectivity index (χ2n) is 10.2. The summed E-state index contributed by atoms with van der Waals surface area (Å²) in [7, 11) is -4.11. The van der Waals surface area contributed by atoms with Gasteiger partial charge in [0.15, 0.2) is 5.75 Å². The number of carbonyl (C=O) groups is 1. The average molecular weight is 689 g/mol. The number of amidine groups is 2. The van der Waals surface area contributed by atoms with Gasteiger partial charge in [-0.1, -0.05) is 42.0 Å². The molecule has 242 valence electrons. The Morgan fingerprint density at radius 2 is 1.93 bits per heavy atom. The molecule has 0 radical (unpaired) electrons. The third kappa shape index (κ3) is 10.3. The van der Waals surface area contributed by atoms with Crippen LogP contribution in [-0.4, -0.2) is 75.6 Å². The van der Waals surface area contributed by atoms with Crippen LogP contribution in [-0.2, 0) is 19.6 Å². The van der Waals surface area contributed by atoms with Crippen molar-refractivity contribution < 1.29 is 22.7 Å². The molecule has 0 aliphatic carbocycles. The predicted molar refractivity (Wildman–Crippen MR) is 182 cm³/mol. The van der Waals surface area contributed by atoms with E-state index in [4.69, 9.17) is 32.2 Å². The number of esters is 1. The highest BCUT2D eigenvalue weighted by Crippen LogP contribution is 2.33. The lowest BCUT2D eigenvalue weighted by Gasteiger charge is -2.35. The van der Waals surface area contributed by atoms with Crippen LogP contribution in [0.5, 0.6) is 5.75 Å². The first-order valence-electron chi connectivity index (χ1n) is 14.2. The summed E-state index contributed by atoms with van der Waals surface area (Å²) in [4.78, 5) is 19.1. The van der Waals surface area contributed by atoms with Crippen molar-refractivity contribution in [1.29, 1.82) is 5.41 Å². The van der Waals surface area contributed by atoms with E-state index in [2.05, 4.69) is 9.89 Å². The maximum atomic E-state index is 13.3. The second kappa shape index (κ2) is 17.5. The minimum atomic E-state index is -4.11. The largest absolute Gasteiger partial charge is 0.489 e. The quantitative estimate of drug-likeness (QED) is 0.186. The Bertz CT molecular complexity index is 1450. The number of rotatable bonds is 11. The molecule has 0 bridgehead atoms.